The molecule has 0 atom stereocenters. The van der Waals surface area contributed by atoms with Crippen molar-refractivity contribution in [1.29, 1.82) is 0 Å². The summed E-state index contributed by atoms with van der Waals surface area (Å²) in [6.07, 6.45) is -0.145. The van der Waals surface area contributed by atoms with Gasteiger partial charge in [0.2, 0.25) is 10.0 Å². The molecule has 1 saturated heterocycles. The number of halogens is 4. The zero-order valence-corrected chi connectivity index (χ0v) is 19.4. The van der Waals surface area contributed by atoms with E-state index in [-0.39, 0.29) is 11.4 Å². The van der Waals surface area contributed by atoms with Gasteiger partial charge >= 0.3 is 12.1 Å². The molecule has 3 heterocycles. The summed E-state index contributed by atoms with van der Waals surface area (Å²) in [5.74, 6) is -3.25. The molecule has 0 saturated carbocycles. The molecule has 2 aliphatic heterocycles. The highest BCUT2D eigenvalue weighted by atomic mass is 32.2. The normalized spacial score (nSPS) is 17.6. The average Bonchev–Trinajstić information content (AvgIpc) is 3.34. The van der Waals surface area contributed by atoms with E-state index in [0.29, 0.717) is 18.5 Å². The second kappa shape index (κ2) is 10.4. The SMILES string of the molecule is Cc1ccc(S(=O)(=O)N2CCCn3cnc(CN4CCCC4)c3C2)cc1F.O=C(O)C(F)(F)F. The van der Waals surface area contributed by atoms with Crippen molar-refractivity contribution in [3.05, 3.63) is 47.3 Å². The van der Waals surface area contributed by atoms with Crippen molar-refractivity contribution in [2.75, 3.05) is 19.6 Å². The van der Waals surface area contributed by atoms with E-state index in [4.69, 9.17) is 9.90 Å². The number of aliphatic carboxylic acids is 1. The first kappa shape index (κ1) is 26.1. The standard InChI is InChI=1S/C19H25FN4O2S.C2HF3O2/c1-15-5-6-16(11-17(15)20)27(25,26)24-10-4-9-23-14-21-18(19(23)13-24)12-22-7-2-3-8-22;3-2(4,5)1(6)7/h5-6,11,14H,2-4,7-10,12-13H2,1H3;(H,6,7). The van der Waals surface area contributed by atoms with Crippen molar-refractivity contribution in [1.82, 2.24) is 18.8 Å². The summed E-state index contributed by atoms with van der Waals surface area (Å²) in [5.41, 5.74) is 2.35. The third-order valence-electron chi connectivity index (χ3n) is 5.76. The number of nitrogens with zero attached hydrogens (tertiary/aromatic N) is 4. The zero-order valence-electron chi connectivity index (χ0n) is 18.6. The molecule has 0 amide bonds. The molecule has 0 unspecified atom stereocenters. The number of imidazole rings is 1. The summed E-state index contributed by atoms with van der Waals surface area (Å²) < 4.78 is 75.4. The fourth-order valence-corrected chi connectivity index (χ4v) is 5.31. The summed E-state index contributed by atoms with van der Waals surface area (Å²) in [5, 5.41) is 7.12. The topological polar surface area (TPSA) is 95.7 Å². The highest BCUT2D eigenvalue weighted by molar-refractivity contribution is 7.89. The van der Waals surface area contributed by atoms with Gasteiger partial charge in [-0.1, -0.05) is 6.07 Å². The Hall–Kier alpha value is -2.51. The molecular formula is C21H26F4N4O4S. The lowest BCUT2D eigenvalue weighted by Crippen LogP contribution is -2.31. The molecule has 0 radical (unpaired) electrons. The molecule has 1 aromatic heterocycles. The molecule has 4 rings (SSSR count). The smallest absolute Gasteiger partial charge is 0.475 e. The van der Waals surface area contributed by atoms with Crippen molar-refractivity contribution in [3.63, 3.8) is 0 Å². The maximum atomic E-state index is 13.9. The van der Waals surface area contributed by atoms with Crippen LogP contribution in [0.3, 0.4) is 0 Å². The number of likely N-dealkylation sites (tertiary alicyclic amines) is 1. The lowest BCUT2D eigenvalue weighted by Gasteiger charge is -2.21. The van der Waals surface area contributed by atoms with E-state index in [2.05, 4.69) is 14.5 Å². The van der Waals surface area contributed by atoms with Gasteiger partial charge in [-0.25, -0.2) is 22.6 Å². The zero-order chi connectivity index (χ0) is 25.1. The van der Waals surface area contributed by atoms with Gasteiger partial charge in [-0.05, 0) is 57.0 Å². The van der Waals surface area contributed by atoms with Gasteiger partial charge in [0.05, 0.1) is 29.2 Å². The van der Waals surface area contributed by atoms with Crippen molar-refractivity contribution in [2.24, 2.45) is 0 Å². The Morgan fingerprint density at radius 1 is 1.12 bits per heavy atom. The predicted molar refractivity (Wildman–Crippen MR) is 114 cm³/mol. The van der Waals surface area contributed by atoms with Gasteiger partial charge < -0.3 is 9.67 Å². The highest BCUT2D eigenvalue weighted by Crippen LogP contribution is 2.25. The molecule has 2 aromatic rings. The number of benzene rings is 1. The van der Waals surface area contributed by atoms with Crippen LogP contribution in [0, 0.1) is 12.7 Å². The van der Waals surface area contributed by atoms with Crippen molar-refractivity contribution >= 4 is 16.0 Å². The van der Waals surface area contributed by atoms with Crippen LogP contribution in [0.25, 0.3) is 0 Å². The molecular weight excluding hydrogens is 480 g/mol. The van der Waals surface area contributed by atoms with E-state index < -0.39 is 28.0 Å². The maximum Gasteiger partial charge on any atom is 0.490 e. The first-order chi connectivity index (χ1) is 15.9. The van der Waals surface area contributed by atoms with Crippen LogP contribution in [0.15, 0.2) is 29.4 Å². The lowest BCUT2D eigenvalue weighted by molar-refractivity contribution is -0.192. The number of aromatic nitrogens is 2. The lowest BCUT2D eigenvalue weighted by atomic mass is 10.2. The van der Waals surface area contributed by atoms with Gasteiger partial charge in [0.1, 0.15) is 5.82 Å². The number of fused-ring (bicyclic) bond motifs is 1. The van der Waals surface area contributed by atoms with Crippen molar-refractivity contribution < 1.29 is 35.9 Å². The number of hydrogen-bond acceptors (Lipinski definition) is 5. The van der Waals surface area contributed by atoms with Crippen LogP contribution in [0.2, 0.25) is 0 Å². The number of sulfonamides is 1. The van der Waals surface area contributed by atoms with Gasteiger partial charge in [0.15, 0.2) is 0 Å². The summed E-state index contributed by atoms with van der Waals surface area (Å²) >= 11 is 0. The summed E-state index contributed by atoms with van der Waals surface area (Å²) in [6.45, 7) is 5.96. The largest absolute Gasteiger partial charge is 0.490 e. The number of carbonyl (C=O) groups is 1. The van der Waals surface area contributed by atoms with E-state index in [1.54, 1.807) is 6.92 Å². The molecule has 0 spiro atoms. The maximum absolute atomic E-state index is 13.9. The number of rotatable bonds is 4. The van der Waals surface area contributed by atoms with Crippen molar-refractivity contribution in [2.45, 2.75) is 56.9 Å². The Kier molecular flexibility index (Phi) is 7.98. The number of carboxylic acids is 1. The Labute approximate surface area is 194 Å². The first-order valence-corrected chi connectivity index (χ1v) is 12.1. The average molecular weight is 507 g/mol. The second-order valence-electron chi connectivity index (χ2n) is 8.22. The van der Waals surface area contributed by atoms with E-state index in [1.165, 1.54) is 29.3 Å². The van der Waals surface area contributed by atoms with E-state index in [0.717, 1.165) is 43.6 Å². The molecule has 2 aliphatic rings. The number of aryl methyl sites for hydroxylation is 2. The Morgan fingerprint density at radius 3 is 2.35 bits per heavy atom. The third-order valence-corrected chi connectivity index (χ3v) is 7.60. The molecule has 1 fully saturated rings. The summed E-state index contributed by atoms with van der Waals surface area (Å²) in [6, 6.07) is 4.13. The monoisotopic (exact) mass is 506 g/mol. The van der Waals surface area contributed by atoms with E-state index in [9.17, 15) is 26.0 Å². The Morgan fingerprint density at radius 2 is 1.76 bits per heavy atom. The van der Waals surface area contributed by atoms with Gasteiger partial charge in [0, 0.05) is 19.6 Å². The molecule has 13 heteroatoms. The van der Waals surface area contributed by atoms with Crippen LogP contribution < -0.4 is 0 Å². The highest BCUT2D eigenvalue weighted by Gasteiger charge is 2.38. The molecule has 0 aliphatic carbocycles. The van der Waals surface area contributed by atoms with Crippen LogP contribution in [0.1, 0.15) is 36.2 Å². The minimum atomic E-state index is -5.08. The quantitative estimate of drug-likeness (QED) is 0.641. The molecule has 188 valence electrons. The number of hydrogen-bond donors (Lipinski definition) is 1. The number of alkyl halides is 3. The molecule has 34 heavy (non-hydrogen) atoms. The van der Waals surface area contributed by atoms with Crippen molar-refractivity contribution in [3.8, 4) is 0 Å². The van der Waals surface area contributed by atoms with Crippen LogP contribution >= 0.6 is 0 Å². The minimum absolute atomic E-state index is 0.0136. The number of carboxylic acid groups (broad SMARTS) is 1. The van der Waals surface area contributed by atoms with E-state index in [1.807, 2.05) is 6.33 Å². The van der Waals surface area contributed by atoms with Gasteiger partial charge in [-0.3, -0.25) is 4.90 Å². The summed E-state index contributed by atoms with van der Waals surface area (Å²) in [7, 11) is -3.75. The van der Waals surface area contributed by atoms with Crippen LogP contribution in [-0.4, -0.2) is 64.1 Å². The third kappa shape index (κ3) is 6.13. The summed E-state index contributed by atoms with van der Waals surface area (Å²) in [4.78, 5) is 15.8. The van der Waals surface area contributed by atoms with Gasteiger partial charge in [0.25, 0.3) is 0 Å². The fraction of sp³-hybridized carbons (Fsp3) is 0.524. The van der Waals surface area contributed by atoms with E-state index >= 15 is 0 Å². The van der Waals surface area contributed by atoms with Gasteiger partial charge in [-0.2, -0.15) is 17.5 Å². The molecule has 8 nitrogen and oxygen atoms in total. The molecule has 1 aromatic carbocycles. The predicted octanol–water partition coefficient (Wildman–Crippen LogP) is 3.15. The van der Waals surface area contributed by atoms with Crippen LogP contribution in [-0.2, 0) is 34.5 Å². The second-order valence-corrected chi connectivity index (χ2v) is 10.2. The van der Waals surface area contributed by atoms with Crippen LogP contribution in [0.5, 0.6) is 0 Å². The molecule has 1 N–H and O–H groups in total. The van der Waals surface area contributed by atoms with Crippen LogP contribution in [0.4, 0.5) is 17.6 Å². The Balaban J connectivity index is 0.000000406. The fourth-order valence-electron chi connectivity index (χ4n) is 3.86. The van der Waals surface area contributed by atoms with Gasteiger partial charge in [-0.15, -0.1) is 0 Å². The first-order valence-electron chi connectivity index (χ1n) is 10.7. The Bertz CT molecular complexity index is 1130. The molecule has 0 bridgehead atoms. The minimum Gasteiger partial charge on any atom is -0.475 e.